The normalized spacial score (nSPS) is 11.7. The van der Waals surface area contributed by atoms with Crippen molar-refractivity contribution >= 4 is 17.3 Å². The number of carbonyl (C=O) groups is 1. The lowest BCUT2D eigenvalue weighted by molar-refractivity contribution is -0.137. The summed E-state index contributed by atoms with van der Waals surface area (Å²) in [6.45, 7) is -0.907. The van der Waals surface area contributed by atoms with Gasteiger partial charge in [-0.25, -0.2) is 0 Å². The van der Waals surface area contributed by atoms with Crippen molar-refractivity contribution in [2.45, 2.75) is 25.8 Å². The van der Waals surface area contributed by atoms with Crippen molar-refractivity contribution in [2.24, 2.45) is 0 Å². The molecule has 0 saturated carbocycles. The predicted octanol–water partition coefficient (Wildman–Crippen LogP) is 5.15. The maximum atomic E-state index is 13.3. The summed E-state index contributed by atoms with van der Waals surface area (Å²) in [5.74, 6) is -0.593. The van der Waals surface area contributed by atoms with Gasteiger partial charge in [-0.1, -0.05) is 0 Å². The van der Waals surface area contributed by atoms with Crippen molar-refractivity contribution in [3.8, 4) is 17.5 Å². The number of amides is 1. The SMILES string of the molecule is CC(=O)Nc1ccc(-c2nnc(CN(CC(F)(F)F)c3ccc(C#N)c(C(F)(F)F)c3)o2)cc1. The van der Waals surface area contributed by atoms with E-state index in [0.717, 1.165) is 12.1 Å². The molecule has 0 aliphatic carbocycles. The number of alkyl halides is 6. The first-order valence-electron chi connectivity index (χ1n) is 9.49. The number of carbonyl (C=O) groups excluding carboxylic acids is 1. The number of rotatable bonds is 6. The zero-order valence-electron chi connectivity index (χ0n) is 17.3. The van der Waals surface area contributed by atoms with Gasteiger partial charge in [-0.05, 0) is 42.5 Å². The van der Waals surface area contributed by atoms with E-state index in [9.17, 15) is 31.1 Å². The molecular weight excluding hydrogens is 468 g/mol. The number of nitrogens with one attached hydrogen (secondary N) is 1. The lowest BCUT2D eigenvalue weighted by Crippen LogP contribution is -2.34. The molecule has 2 aromatic carbocycles. The zero-order chi connectivity index (χ0) is 25.1. The molecule has 0 spiro atoms. The topological polar surface area (TPSA) is 95.0 Å². The standard InChI is InChI=1S/C21H15F6N5O2/c1-12(33)29-15-5-2-13(3-6-15)19-31-30-18(34-19)10-32(11-20(22,23)24)16-7-4-14(9-28)17(8-16)21(25,26)27/h2-8H,10-11H2,1H3,(H,29,33). The highest BCUT2D eigenvalue weighted by atomic mass is 19.4. The Morgan fingerprint density at radius 1 is 1.09 bits per heavy atom. The van der Waals surface area contributed by atoms with Crippen molar-refractivity contribution in [1.82, 2.24) is 10.2 Å². The molecule has 7 nitrogen and oxygen atoms in total. The minimum atomic E-state index is -4.94. The fourth-order valence-corrected chi connectivity index (χ4v) is 3.01. The molecule has 0 saturated heterocycles. The second-order valence-electron chi connectivity index (χ2n) is 7.07. The number of hydrogen-bond donors (Lipinski definition) is 1. The van der Waals surface area contributed by atoms with E-state index in [0.29, 0.717) is 22.2 Å². The van der Waals surface area contributed by atoms with E-state index in [1.807, 2.05) is 0 Å². The molecule has 3 rings (SSSR count). The van der Waals surface area contributed by atoms with Crippen LogP contribution in [0.3, 0.4) is 0 Å². The highest BCUT2D eigenvalue weighted by Gasteiger charge is 2.36. The molecule has 0 aliphatic heterocycles. The van der Waals surface area contributed by atoms with Crippen LogP contribution in [0.25, 0.3) is 11.5 Å². The number of benzene rings is 2. The van der Waals surface area contributed by atoms with Gasteiger partial charge in [0, 0.05) is 23.9 Å². The van der Waals surface area contributed by atoms with Crippen LogP contribution in [0, 0.1) is 11.3 Å². The number of anilines is 2. The average molecular weight is 483 g/mol. The molecule has 0 aliphatic rings. The molecule has 0 bridgehead atoms. The van der Waals surface area contributed by atoms with Gasteiger partial charge in [0.25, 0.3) is 0 Å². The van der Waals surface area contributed by atoms with Crippen LogP contribution in [0.1, 0.15) is 23.9 Å². The van der Waals surface area contributed by atoms with E-state index in [4.69, 9.17) is 9.68 Å². The minimum absolute atomic E-state index is 0.0351. The van der Waals surface area contributed by atoms with Crippen LogP contribution >= 0.6 is 0 Å². The van der Waals surface area contributed by atoms with E-state index in [1.165, 1.54) is 25.1 Å². The summed E-state index contributed by atoms with van der Waals surface area (Å²) in [6, 6.07) is 9.80. The smallest absolute Gasteiger partial charge is 0.417 e. The molecule has 0 fully saturated rings. The van der Waals surface area contributed by atoms with Gasteiger partial charge < -0.3 is 14.6 Å². The summed E-state index contributed by atoms with van der Waals surface area (Å²) in [6.07, 6.45) is -9.69. The van der Waals surface area contributed by atoms with Gasteiger partial charge in [0.05, 0.1) is 23.7 Å². The second kappa shape index (κ2) is 9.42. The maximum Gasteiger partial charge on any atom is 0.417 e. The summed E-state index contributed by atoms with van der Waals surface area (Å²) in [4.78, 5) is 11.7. The Morgan fingerprint density at radius 2 is 1.76 bits per heavy atom. The summed E-state index contributed by atoms with van der Waals surface area (Å²) >= 11 is 0. The van der Waals surface area contributed by atoms with Gasteiger partial charge in [0.1, 0.15) is 6.54 Å². The molecule has 1 N–H and O–H groups in total. The number of aromatic nitrogens is 2. The Balaban J connectivity index is 1.89. The van der Waals surface area contributed by atoms with Crippen LogP contribution in [-0.2, 0) is 17.5 Å². The largest absolute Gasteiger partial charge is 0.419 e. The molecule has 0 atom stereocenters. The number of hydrogen-bond acceptors (Lipinski definition) is 6. The highest BCUT2D eigenvalue weighted by Crippen LogP contribution is 2.35. The second-order valence-corrected chi connectivity index (χ2v) is 7.07. The van der Waals surface area contributed by atoms with Crippen LogP contribution in [-0.4, -0.2) is 28.8 Å². The van der Waals surface area contributed by atoms with Crippen molar-refractivity contribution in [1.29, 1.82) is 5.26 Å². The zero-order valence-corrected chi connectivity index (χ0v) is 17.3. The molecule has 1 amide bonds. The van der Waals surface area contributed by atoms with Crippen molar-refractivity contribution in [3.63, 3.8) is 0 Å². The van der Waals surface area contributed by atoms with Gasteiger partial charge in [0.15, 0.2) is 0 Å². The van der Waals surface area contributed by atoms with Crippen molar-refractivity contribution in [3.05, 3.63) is 59.5 Å². The molecule has 34 heavy (non-hydrogen) atoms. The lowest BCUT2D eigenvalue weighted by Gasteiger charge is -2.25. The fraction of sp³-hybridized carbons (Fsp3) is 0.238. The van der Waals surface area contributed by atoms with E-state index in [2.05, 4.69) is 15.5 Å². The molecule has 0 radical (unpaired) electrons. The van der Waals surface area contributed by atoms with Gasteiger partial charge in [-0.3, -0.25) is 4.79 Å². The number of halogens is 6. The molecule has 3 aromatic rings. The third kappa shape index (κ3) is 6.25. The Kier molecular flexibility index (Phi) is 6.80. The van der Waals surface area contributed by atoms with Crippen LogP contribution in [0.4, 0.5) is 37.7 Å². The summed E-state index contributed by atoms with van der Waals surface area (Å²) < 4.78 is 84.7. The van der Waals surface area contributed by atoms with Crippen molar-refractivity contribution < 1.29 is 35.6 Å². The molecule has 0 unspecified atom stereocenters. The molecule has 13 heteroatoms. The Hall–Kier alpha value is -4.08. The summed E-state index contributed by atoms with van der Waals surface area (Å²) in [5.41, 5.74) is -1.60. The minimum Gasteiger partial charge on any atom is -0.419 e. The van der Waals surface area contributed by atoms with Gasteiger partial charge in [0.2, 0.25) is 17.7 Å². The first-order chi connectivity index (χ1) is 15.9. The molecule has 1 aromatic heterocycles. The Morgan fingerprint density at radius 3 is 2.32 bits per heavy atom. The predicted molar refractivity (Wildman–Crippen MR) is 107 cm³/mol. The fourth-order valence-electron chi connectivity index (χ4n) is 3.01. The summed E-state index contributed by atoms with van der Waals surface area (Å²) in [7, 11) is 0. The van der Waals surface area contributed by atoms with E-state index in [1.54, 1.807) is 12.1 Å². The van der Waals surface area contributed by atoms with Crippen LogP contribution < -0.4 is 10.2 Å². The van der Waals surface area contributed by atoms with Gasteiger partial charge in [-0.2, -0.15) is 31.6 Å². The van der Waals surface area contributed by atoms with E-state index in [-0.39, 0.29) is 17.7 Å². The van der Waals surface area contributed by atoms with E-state index >= 15 is 0 Å². The maximum absolute atomic E-state index is 13.3. The van der Waals surface area contributed by atoms with Crippen LogP contribution in [0.2, 0.25) is 0 Å². The number of nitrogens with zero attached hydrogens (tertiary/aromatic N) is 4. The van der Waals surface area contributed by atoms with Gasteiger partial charge >= 0.3 is 12.4 Å². The quantitative estimate of drug-likeness (QED) is 0.487. The van der Waals surface area contributed by atoms with Gasteiger partial charge in [-0.15, -0.1) is 10.2 Å². The summed E-state index contributed by atoms with van der Waals surface area (Å²) in [5, 5.41) is 18.9. The van der Waals surface area contributed by atoms with E-state index < -0.39 is 42.3 Å². The molecule has 178 valence electrons. The Labute approximate surface area is 188 Å². The lowest BCUT2D eigenvalue weighted by atomic mass is 10.1. The average Bonchev–Trinajstić information content (AvgIpc) is 3.20. The number of nitriles is 1. The van der Waals surface area contributed by atoms with Crippen LogP contribution in [0.5, 0.6) is 0 Å². The third-order valence-corrected chi connectivity index (χ3v) is 4.41. The monoisotopic (exact) mass is 483 g/mol. The van der Waals surface area contributed by atoms with Crippen LogP contribution in [0.15, 0.2) is 46.9 Å². The Bertz CT molecular complexity index is 1210. The van der Waals surface area contributed by atoms with Crippen molar-refractivity contribution in [2.75, 3.05) is 16.8 Å². The first-order valence-corrected chi connectivity index (χ1v) is 9.49. The third-order valence-electron chi connectivity index (χ3n) is 4.41. The molecule has 1 heterocycles. The first kappa shape index (κ1) is 24.6. The molecular formula is C21H15F6N5O2. The highest BCUT2D eigenvalue weighted by molar-refractivity contribution is 5.88.